The largest absolute Gasteiger partial charge is 0.494 e. The molecule has 0 spiro atoms. The van der Waals surface area contributed by atoms with Gasteiger partial charge in [0.15, 0.2) is 0 Å². The summed E-state index contributed by atoms with van der Waals surface area (Å²) in [4.78, 5) is 0. The number of anilines is 1. The van der Waals surface area contributed by atoms with Gasteiger partial charge in [-0.2, -0.15) is 5.10 Å². The SMILES string of the molecule is CCOc1ccc(/C=N/Nc2ccccc2)cc1. The number of hydrazone groups is 1. The summed E-state index contributed by atoms with van der Waals surface area (Å²) in [6.45, 7) is 2.65. The zero-order chi connectivity index (χ0) is 12.6. The molecule has 0 saturated heterocycles. The second kappa shape index (κ2) is 6.45. The Morgan fingerprint density at radius 2 is 1.78 bits per heavy atom. The van der Waals surface area contributed by atoms with Crippen LogP contribution in [0.5, 0.6) is 5.75 Å². The minimum Gasteiger partial charge on any atom is -0.494 e. The highest BCUT2D eigenvalue weighted by atomic mass is 16.5. The third-order valence-electron chi connectivity index (χ3n) is 2.37. The quantitative estimate of drug-likeness (QED) is 0.640. The molecule has 1 N–H and O–H groups in total. The first-order valence-electron chi connectivity index (χ1n) is 5.95. The van der Waals surface area contributed by atoms with Crippen LogP contribution >= 0.6 is 0 Å². The fraction of sp³-hybridized carbons (Fsp3) is 0.133. The number of nitrogens with one attached hydrogen (secondary N) is 1. The lowest BCUT2D eigenvalue weighted by atomic mass is 10.2. The highest BCUT2D eigenvalue weighted by molar-refractivity contribution is 5.80. The molecule has 2 rings (SSSR count). The molecule has 0 bridgehead atoms. The molecule has 0 heterocycles. The van der Waals surface area contributed by atoms with E-state index in [2.05, 4.69) is 10.5 Å². The van der Waals surface area contributed by atoms with E-state index < -0.39 is 0 Å². The average Bonchev–Trinajstić information content (AvgIpc) is 2.42. The van der Waals surface area contributed by atoms with Crippen molar-refractivity contribution in [2.75, 3.05) is 12.0 Å². The summed E-state index contributed by atoms with van der Waals surface area (Å²) in [5.41, 5.74) is 4.97. The van der Waals surface area contributed by atoms with Gasteiger partial charge in [0.1, 0.15) is 5.75 Å². The predicted octanol–water partition coefficient (Wildman–Crippen LogP) is 3.53. The molecule has 0 unspecified atom stereocenters. The summed E-state index contributed by atoms with van der Waals surface area (Å²) in [6, 6.07) is 17.7. The topological polar surface area (TPSA) is 33.6 Å². The molecular weight excluding hydrogens is 224 g/mol. The normalized spacial score (nSPS) is 10.5. The molecule has 0 fully saturated rings. The van der Waals surface area contributed by atoms with E-state index in [1.807, 2.05) is 61.5 Å². The number of benzene rings is 2. The van der Waals surface area contributed by atoms with Crippen molar-refractivity contribution in [2.24, 2.45) is 5.10 Å². The van der Waals surface area contributed by atoms with Crippen LogP contribution in [0.1, 0.15) is 12.5 Å². The number of nitrogens with zero attached hydrogens (tertiary/aromatic N) is 1. The van der Waals surface area contributed by atoms with E-state index >= 15 is 0 Å². The van der Waals surface area contributed by atoms with Crippen LogP contribution in [0.2, 0.25) is 0 Å². The summed E-state index contributed by atoms with van der Waals surface area (Å²) in [5, 5.41) is 4.17. The van der Waals surface area contributed by atoms with Crippen molar-refractivity contribution < 1.29 is 4.74 Å². The molecule has 92 valence electrons. The summed E-state index contributed by atoms with van der Waals surface area (Å²) < 4.78 is 5.37. The number of rotatable bonds is 5. The highest BCUT2D eigenvalue weighted by Gasteiger charge is 1.92. The molecule has 0 amide bonds. The van der Waals surface area contributed by atoms with E-state index in [4.69, 9.17) is 4.74 Å². The second-order valence-electron chi connectivity index (χ2n) is 3.74. The minimum atomic E-state index is 0.684. The van der Waals surface area contributed by atoms with Gasteiger partial charge in [0, 0.05) is 0 Å². The van der Waals surface area contributed by atoms with E-state index in [9.17, 15) is 0 Å². The van der Waals surface area contributed by atoms with Gasteiger partial charge in [0.25, 0.3) is 0 Å². The first-order valence-corrected chi connectivity index (χ1v) is 5.95. The van der Waals surface area contributed by atoms with Gasteiger partial charge in [-0.1, -0.05) is 18.2 Å². The monoisotopic (exact) mass is 240 g/mol. The van der Waals surface area contributed by atoms with Crippen molar-refractivity contribution in [1.29, 1.82) is 0 Å². The molecule has 18 heavy (non-hydrogen) atoms. The highest BCUT2D eigenvalue weighted by Crippen LogP contribution is 2.11. The fourth-order valence-electron chi connectivity index (χ4n) is 1.51. The first-order chi connectivity index (χ1) is 8.88. The average molecular weight is 240 g/mol. The van der Waals surface area contributed by atoms with Crippen molar-refractivity contribution in [2.45, 2.75) is 6.92 Å². The summed E-state index contributed by atoms with van der Waals surface area (Å²) in [6.07, 6.45) is 1.78. The number of para-hydroxylation sites is 1. The third kappa shape index (κ3) is 3.63. The maximum absolute atomic E-state index is 5.37. The minimum absolute atomic E-state index is 0.684. The van der Waals surface area contributed by atoms with Crippen molar-refractivity contribution in [1.82, 2.24) is 0 Å². The van der Waals surface area contributed by atoms with Gasteiger partial charge in [-0.15, -0.1) is 0 Å². The van der Waals surface area contributed by atoms with E-state index in [0.717, 1.165) is 17.0 Å². The van der Waals surface area contributed by atoms with E-state index in [1.165, 1.54) is 0 Å². The molecule has 0 aromatic heterocycles. The molecule has 0 aliphatic rings. The van der Waals surface area contributed by atoms with Gasteiger partial charge in [-0.25, -0.2) is 0 Å². The zero-order valence-corrected chi connectivity index (χ0v) is 10.3. The number of hydrogen-bond acceptors (Lipinski definition) is 3. The summed E-state index contributed by atoms with van der Waals surface area (Å²) >= 11 is 0. The lowest BCUT2D eigenvalue weighted by molar-refractivity contribution is 0.340. The standard InChI is InChI=1S/C15H16N2O/c1-2-18-15-10-8-13(9-11-15)12-16-17-14-6-4-3-5-7-14/h3-12,17H,2H2,1H3/b16-12+. The summed E-state index contributed by atoms with van der Waals surface area (Å²) in [7, 11) is 0. The van der Waals surface area contributed by atoms with Crippen molar-refractivity contribution in [3.63, 3.8) is 0 Å². The lowest BCUT2D eigenvalue weighted by Crippen LogP contribution is -1.92. The zero-order valence-electron chi connectivity index (χ0n) is 10.3. The molecule has 3 heteroatoms. The predicted molar refractivity (Wildman–Crippen MR) is 75.3 cm³/mol. The van der Waals surface area contributed by atoms with Gasteiger partial charge in [0.05, 0.1) is 18.5 Å². The molecule has 2 aromatic rings. The van der Waals surface area contributed by atoms with Crippen molar-refractivity contribution in [3.8, 4) is 5.75 Å². The van der Waals surface area contributed by atoms with Crippen LogP contribution in [0.15, 0.2) is 59.7 Å². The van der Waals surface area contributed by atoms with Gasteiger partial charge in [-0.3, -0.25) is 5.43 Å². The van der Waals surface area contributed by atoms with Gasteiger partial charge in [-0.05, 0) is 48.9 Å². The van der Waals surface area contributed by atoms with Crippen LogP contribution in [-0.2, 0) is 0 Å². The van der Waals surface area contributed by atoms with Crippen LogP contribution in [0, 0.1) is 0 Å². The van der Waals surface area contributed by atoms with Crippen LogP contribution in [0.3, 0.4) is 0 Å². The number of ether oxygens (including phenoxy) is 1. The Labute approximate surface area is 107 Å². The van der Waals surface area contributed by atoms with E-state index in [-0.39, 0.29) is 0 Å². The van der Waals surface area contributed by atoms with E-state index in [0.29, 0.717) is 6.61 Å². The van der Waals surface area contributed by atoms with Gasteiger partial charge >= 0.3 is 0 Å². The fourth-order valence-corrected chi connectivity index (χ4v) is 1.51. The molecule has 0 saturated carbocycles. The van der Waals surface area contributed by atoms with E-state index in [1.54, 1.807) is 6.21 Å². The lowest BCUT2D eigenvalue weighted by Gasteiger charge is -2.02. The third-order valence-corrected chi connectivity index (χ3v) is 2.37. The molecule has 3 nitrogen and oxygen atoms in total. The van der Waals surface area contributed by atoms with Crippen LogP contribution in [-0.4, -0.2) is 12.8 Å². The first kappa shape index (κ1) is 12.2. The molecule has 0 atom stereocenters. The Bertz CT molecular complexity index is 492. The molecule has 0 radical (unpaired) electrons. The maximum atomic E-state index is 5.37. The Morgan fingerprint density at radius 3 is 2.44 bits per heavy atom. The van der Waals surface area contributed by atoms with Crippen LogP contribution in [0.4, 0.5) is 5.69 Å². The van der Waals surface area contributed by atoms with Crippen molar-refractivity contribution in [3.05, 3.63) is 60.2 Å². The van der Waals surface area contributed by atoms with Gasteiger partial charge in [0.2, 0.25) is 0 Å². The molecule has 2 aromatic carbocycles. The Kier molecular flexibility index (Phi) is 4.36. The van der Waals surface area contributed by atoms with Gasteiger partial charge < -0.3 is 4.74 Å². The van der Waals surface area contributed by atoms with Crippen LogP contribution in [0.25, 0.3) is 0 Å². The van der Waals surface area contributed by atoms with Crippen LogP contribution < -0.4 is 10.2 Å². The Balaban J connectivity index is 1.93. The molecule has 0 aliphatic heterocycles. The maximum Gasteiger partial charge on any atom is 0.119 e. The Hall–Kier alpha value is -2.29. The second-order valence-corrected chi connectivity index (χ2v) is 3.74. The number of hydrogen-bond donors (Lipinski definition) is 1. The molecule has 0 aliphatic carbocycles. The molecular formula is C15H16N2O. The Morgan fingerprint density at radius 1 is 1.06 bits per heavy atom. The van der Waals surface area contributed by atoms with Crippen molar-refractivity contribution >= 4 is 11.9 Å². The smallest absolute Gasteiger partial charge is 0.119 e. The summed E-state index contributed by atoms with van der Waals surface area (Å²) in [5.74, 6) is 0.880.